The number of carbonyl (C=O) groups excluding carboxylic acids is 1. The summed E-state index contributed by atoms with van der Waals surface area (Å²) < 4.78 is 5.35. The average molecular weight is 406 g/mol. The molecule has 0 heterocycles. The van der Waals surface area contributed by atoms with Gasteiger partial charge in [0.2, 0.25) is 0 Å². The van der Waals surface area contributed by atoms with Crippen molar-refractivity contribution >= 4 is 33.3 Å². The molecule has 3 aromatic rings. The van der Waals surface area contributed by atoms with Gasteiger partial charge in [0.25, 0.3) is 0 Å². The maximum atomic E-state index is 12.1. The molecule has 0 aliphatic carbocycles. The van der Waals surface area contributed by atoms with E-state index in [0.717, 1.165) is 29.3 Å². The number of fused-ring (bicyclic) bond motifs is 2. The maximum absolute atomic E-state index is 12.1. The lowest BCUT2D eigenvalue weighted by atomic mass is 10.0. The Balaban J connectivity index is 1.34. The van der Waals surface area contributed by atoms with E-state index in [-0.39, 0.29) is 6.09 Å². The third kappa shape index (κ3) is 7.05. The SMILES string of the molecule is CCCCCCCCCCCCOC(=O)Nc1ccc2cc3ccccc3cc2c1. The van der Waals surface area contributed by atoms with Gasteiger partial charge in [0, 0.05) is 5.69 Å². The number of carbonyl (C=O) groups is 1. The Hall–Kier alpha value is -2.55. The molecule has 0 spiro atoms. The number of rotatable bonds is 12. The molecule has 0 bridgehead atoms. The van der Waals surface area contributed by atoms with Crippen molar-refractivity contribution in [3.8, 4) is 0 Å². The van der Waals surface area contributed by atoms with Gasteiger partial charge in [-0.3, -0.25) is 5.32 Å². The Kier molecular flexibility index (Phi) is 9.02. The second-order valence-corrected chi connectivity index (χ2v) is 8.20. The quantitative estimate of drug-likeness (QED) is 0.242. The Morgan fingerprint density at radius 3 is 1.93 bits per heavy atom. The Morgan fingerprint density at radius 2 is 1.27 bits per heavy atom. The van der Waals surface area contributed by atoms with Gasteiger partial charge in [-0.1, -0.05) is 95.0 Å². The van der Waals surface area contributed by atoms with Gasteiger partial charge in [0.15, 0.2) is 0 Å². The smallest absolute Gasteiger partial charge is 0.411 e. The Morgan fingerprint density at radius 1 is 0.700 bits per heavy atom. The predicted molar refractivity (Wildman–Crippen MR) is 128 cm³/mol. The van der Waals surface area contributed by atoms with Crippen LogP contribution in [0.25, 0.3) is 21.5 Å². The van der Waals surface area contributed by atoms with Crippen molar-refractivity contribution in [3.05, 3.63) is 54.6 Å². The molecule has 0 saturated heterocycles. The van der Waals surface area contributed by atoms with Crippen LogP contribution in [0, 0.1) is 0 Å². The zero-order chi connectivity index (χ0) is 21.0. The first-order valence-electron chi connectivity index (χ1n) is 11.6. The number of anilines is 1. The lowest BCUT2D eigenvalue weighted by Gasteiger charge is -2.09. The number of ether oxygens (including phenoxy) is 1. The van der Waals surface area contributed by atoms with E-state index in [9.17, 15) is 4.79 Å². The van der Waals surface area contributed by atoms with Crippen molar-refractivity contribution in [1.82, 2.24) is 0 Å². The second kappa shape index (κ2) is 12.2. The summed E-state index contributed by atoms with van der Waals surface area (Å²) in [6.45, 7) is 2.74. The van der Waals surface area contributed by atoms with Crippen LogP contribution in [0.15, 0.2) is 54.6 Å². The molecule has 0 fully saturated rings. The normalized spacial score (nSPS) is 11.1. The van der Waals surface area contributed by atoms with Gasteiger partial charge in [-0.2, -0.15) is 0 Å². The molecule has 3 aromatic carbocycles. The molecule has 30 heavy (non-hydrogen) atoms. The van der Waals surface area contributed by atoms with E-state index >= 15 is 0 Å². The van der Waals surface area contributed by atoms with E-state index in [1.807, 2.05) is 24.3 Å². The highest BCUT2D eigenvalue weighted by atomic mass is 16.5. The van der Waals surface area contributed by atoms with Crippen LogP contribution in [0.2, 0.25) is 0 Å². The van der Waals surface area contributed by atoms with E-state index in [4.69, 9.17) is 4.74 Å². The third-order valence-corrected chi connectivity index (χ3v) is 5.68. The highest BCUT2D eigenvalue weighted by Gasteiger charge is 2.05. The largest absolute Gasteiger partial charge is 0.449 e. The summed E-state index contributed by atoms with van der Waals surface area (Å²) in [5.74, 6) is 0. The average Bonchev–Trinajstić information content (AvgIpc) is 2.76. The van der Waals surface area contributed by atoms with Crippen LogP contribution in [0.4, 0.5) is 10.5 Å². The zero-order valence-electron chi connectivity index (χ0n) is 18.3. The number of hydrogen-bond acceptors (Lipinski definition) is 2. The first-order chi connectivity index (χ1) is 14.8. The van der Waals surface area contributed by atoms with Gasteiger partial charge in [0.05, 0.1) is 6.61 Å². The molecular weight excluding hydrogens is 370 g/mol. The van der Waals surface area contributed by atoms with Crippen LogP contribution in [-0.2, 0) is 4.74 Å². The third-order valence-electron chi connectivity index (χ3n) is 5.68. The van der Waals surface area contributed by atoms with Crippen molar-refractivity contribution in [2.24, 2.45) is 0 Å². The van der Waals surface area contributed by atoms with E-state index in [1.165, 1.54) is 62.1 Å². The molecule has 0 radical (unpaired) electrons. The van der Waals surface area contributed by atoms with Crippen molar-refractivity contribution in [2.75, 3.05) is 11.9 Å². The molecule has 3 nitrogen and oxygen atoms in total. The zero-order valence-corrected chi connectivity index (χ0v) is 18.3. The molecule has 1 N–H and O–H groups in total. The van der Waals surface area contributed by atoms with Gasteiger partial charge >= 0.3 is 6.09 Å². The molecule has 1 amide bonds. The molecule has 0 aliphatic rings. The minimum atomic E-state index is -0.369. The van der Waals surface area contributed by atoms with Gasteiger partial charge < -0.3 is 4.74 Å². The summed E-state index contributed by atoms with van der Waals surface area (Å²) in [6, 6.07) is 18.6. The van der Waals surface area contributed by atoms with Gasteiger partial charge in [-0.25, -0.2) is 4.79 Å². The minimum absolute atomic E-state index is 0.369. The molecule has 3 rings (SSSR count). The molecule has 0 saturated carbocycles. The fourth-order valence-corrected chi connectivity index (χ4v) is 3.93. The number of benzene rings is 3. The summed E-state index contributed by atoms with van der Waals surface area (Å²) in [6.07, 6.45) is 12.4. The van der Waals surface area contributed by atoms with Crippen molar-refractivity contribution in [3.63, 3.8) is 0 Å². The van der Waals surface area contributed by atoms with Crippen molar-refractivity contribution in [2.45, 2.75) is 71.1 Å². The van der Waals surface area contributed by atoms with Crippen molar-refractivity contribution < 1.29 is 9.53 Å². The lowest BCUT2D eigenvalue weighted by molar-refractivity contribution is 0.159. The van der Waals surface area contributed by atoms with E-state index < -0.39 is 0 Å². The summed E-state index contributed by atoms with van der Waals surface area (Å²) in [5, 5.41) is 7.56. The van der Waals surface area contributed by atoms with Crippen LogP contribution in [-0.4, -0.2) is 12.7 Å². The Labute approximate surface area is 180 Å². The van der Waals surface area contributed by atoms with E-state index in [2.05, 4.69) is 42.6 Å². The number of unbranched alkanes of at least 4 members (excludes halogenated alkanes) is 9. The van der Waals surface area contributed by atoms with Gasteiger partial charge in [0.1, 0.15) is 0 Å². The van der Waals surface area contributed by atoms with Crippen LogP contribution in [0.5, 0.6) is 0 Å². The molecule has 0 aliphatic heterocycles. The van der Waals surface area contributed by atoms with Crippen LogP contribution >= 0.6 is 0 Å². The van der Waals surface area contributed by atoms with Crippen LogP contribution in [0.3, 0.4) is 0 Å². The highest BCUT2D eigenvalue weighted by Crippen LogP contribution is 2.25. The molecule has 160 valence electrons. The topological polar surface area (TPSA) is 38.3 Å². The molecule has 0 aromatic heterocycles. The highest BCUT2D eigenvalue weighted by molar-refractivity contribution is 6.00. The fraction of sp³-hybridized carbons (Fsp3) is 0.444. The van der Waals surface area contributed by atoms with E-state index in [0.29, 0.717) is 6.61 Å². The monoisotopic (exact) mass is 405 g/mol. The first-order valence-corrected chi connectivity index (χ1v) is 11.6. The summed E-state index contributed by atoms with van der Waals surface area (Å²) in [4.78, 5) is 12.1. The maximum Gasteiger partial charge on any atom is 0.411 e. The standard InChI is InChI=1S/C27H35NO2/c1-2-3-4-5-6-7-8-9-10-13-18-30-27(29)28-26-17-16-24-19-22-14-11-12-15-23(22)20-25(24)21-26/h11-12,14-17,19-21H,2-10,13,18H2,1H3,(H,28,29). The lowest BCUT2D eigenvalue weighted by Crippen LogP contribution is -2.14. The molecule has 0 unspecified atom stereocenters. The first kappa shape index (κ1) is 22.1. The predicted octanol–water partition coefficient (Wildman–Crippen LogP) is 8.46. The van der Waals surface area contributed by atoms with Crippen LogP contribution in [0.1, 0.15) is 71.1 Å². The molecule has 0 atom stereocenters. The Bertz CT molecular complexity index is 934. The number of nitrogens with one attached hydrogen (secondary N) is 1. The summed E-state index contributed by atoms with van der Waals surface area (Å²) in [7, 11) is 0. The summed E-state index contributed by atoms with van der Waals surface area (Å²) in [5.41, 5.74) is 0.769. The fourth-order valence-electron chi connectivity index (χ4n) is 3.93. The van der Waals surface area contributed by atoms with Gasteiger partial charge in [-0.15, -0.1) is 0 Å². The molecule has 3 heteroatoms. The van der Waals surface area contributed by atoms with Crippen LogP contribution < -0.4 is 5.32 Å². The minimum Gasteiger partial charge on any atom is -0.449 e. The molecular formula is C27H35NO2. The van der Waals surface area contributed by atoms with Crippen molar-refractivity contribution in [1.29, 1.82) is 0 Å². The summed E-state index contributed by atoms with van der Waals surface area (Å²) >= 11 is 0. The number of hydrogen-bond donors (Lipinski definition) is 1. The second-order valence-electron chi connectivity index (χ2n) is 8.20. The van der Waals surface area contributed by atoms with Gasteiger partial charge in [-0.05, 0) is 52.2 Å². The number of amides is 1. The van der Waals surface area contributed by atoms with E-state index in [1.54, 1.807) is 0 Å².